The van der Waals surface area contributed by atoms with Crippen molar-refractivity contribution in [3.8, 4) is 5.75 Å². The third kappa shape index (κ3) is 2.44. The summed E-state index contributed by atoms with van der Waals surface area (Å²) in [6, 6.07) is 1.09. The summed E-state index contributed by atoms with van der Waals surface area (Å²) in [6.07, 6.45) is -12.5. The first kappa shape index (κ1) is 16.3. The van der Waals surface area contributed by atoms with Gasteiger partial charge in [0.05, 0.1) is 12.7 Å². The fourth-order valence-corrected chi connectivity index (χ4v) is 1.53. The molecular weight excluding hydrogens is 297 g/mol. The van der Waals surface area contributed by atoms with E-state index in [9.17, 15) is 35.5 Å². The smallest absolute Gasteiger partial charge is 0.435 e. The average Bonchev–Trinajstić information content (AvgIpc) is 2.34. The van der Waals surface area contributed by atoms with Gasteiger partial charge in [-0.3, -0.25) is 4.79 Å². The van der Waals surface area contributed by atoms with Crippen LogP contribution < -0.4 is 4.74 Å². The SMILES string of the molecule is COc1ccc(C(F)(C(F)(F)F)C(F)(F)F)cc1C=O. The van der Waals surface area contributed by atoms with Crippen LogP contribution in [-0.2, 0) is 5.67 Å². The fourth-order valence-electron chi connectivity index (χ4n) is 1.53. The zero-order chi connectivity index (χ0) is 15.8. The number of hydrogen-bond acceptors (Lipinski definition) is 2. The van der Waals surface area contributed by atoms with Gasteiger partial charge in [0.25, 0.3) is 0 Å². The fraction of sp³-hybridized carbons (Fsp3) is 0.364. The van der Waals surface area contributed by atoms with Crippen LogP contribution in [0.5, 0.6) is 5.75 Å². The van der Waals surface area contributed by atoms with Gasteiger partial charge < -0.3 is 4.74 Å². The van der Waals surface area contributed by atoms with Gasteiger partial charge >= 0.3 is 18.0 Å². The van der Waals surface area contributed by atoms with E-state index in [-0.39, 0.29) is 24.2 Å². The quantitative estimate of drug-likeness (QED) is 0.627. The zero-order valence-corrected chi connectivity index (χ0v) is 9.77. The second-order valence-electron chi connectivity index (χ2n) is 3.73. The Morgan fingerprint density at radius 3 is 1.85 bits per heavy atom. The predicted octanol–water partition coefficient (Wildman–Crippen LogP) is 3.80. The standard InChI is InChI=1S/C11H7F7O2/c1-20-8-3-2-7(4-6(8)5-19)9(12,10(13,14)15)11(16,17)18/h2-5H,1H3. The highest BCUT2D eigenvalue weighted by Crippen LogP contribution is 2.53. The molecule has 0 aliphatic carbocycles. The molecule has 0 aliphatic heterocycles. The summed E-state index contributed by atoms with van der Waals surface area (Å²) in [5.74, 6) is -0.268. The Bertz CT molecular complexity index is 490. The summed E-state index contributed by atoms with van der Waals surface area (Å²) in [5.41, 5.74) is -7.93. The summed E-state index contributed by atoms with van der Waals surface area (Å²) in [7, 11) is 1.05. The Morgan fingerprint density at radius 1 is 1.00 bits per heavy atom. The monoisotopic (exact) mass is 304 g/mol. The number of benzene rings is 1. The molecule has 0 saturated carbocycles. The lowest BCUT2D eigenvalue weighted by atomic mass is 9.92. The highest BCUT2D eigenvalue weighted by Gasteiger charge is 2.73. The number of hydrogen-bond donors (Lipinski definition) is 0. The molecule has 0 bridgehead atoms. The number of ether oxygens (including phenoxy) is 1. The molecule has 0 radical (unpaired) electrons. The van der Waals surface area contributed by atoms with Gasteiger partial charge in [0.2, 0.25) is 0 Å². The first-order valence-corrected chi connectivity index (χ1v) is 4.95. The minimum atomic E-state index is -6.22. The summed E-state index contributed by atoms with van der Waals surface area (Å²) < 4.78 is 93.2. The maximum atomic E-state index is 13.7. The molecule has 0 atom stereocenters. The molecule has 0 N–H and O–H groups in total. The molecule has 0 fully saturated rings. The number of carbonyl (C=O) groups excluding carboxylic acids is 1. The maximum absolute atomic E-state index is 13.7. The van der Waals surface area contributed by atoms with Crippen molar-refractivity contribution in [2.75, 3.05) is 7.11 Å². The first-order valence-electron chi connectivity index (χ1n) is 4.95. The summed E-state index contributed by atoms with van der Waals surface area (Å²) >= 11 is 0. The van der Waals surface area contributed by atoms with Crippen molar-refractivity contribution >= 4 is 6.29 Å². The third-order valence-electron chi connectivity index (χ3n) is 2.54. The van der Waals surface area contributed by atoms with Gasteiger partial charge in [0.15, 0.2) is 6.29 Å². The highest BCUT2D eigenvalue weighted by atomic mass is 19.4. The summed E-state index contributed by atoms with van der Waals surface area (Å²) in [6.45, 7) is 0. The van der Waals surface area contributed by atoms with Crippen molar-refractivity contribution in [1.29, 1.82) is 0 Å². The molecule has 20 heavy (non-hydrogen) atoms. The van der Waals surface area contributed by atoms with Crippen molar-refractivity contribution < 1.29 is 40.3 Å². The average molecular weight is 304 g/mol. The topological polar surface area (TPSA) is 26.3 Å². The van der Waals surface area contributed by atoms with E-state index in [0.717, 1.165) is 7.11 Å². The second kappa shape index (κ2) is 4.95. The van der Waals surface area contributed by atoms with Crippen LogP contribution in [0.2, 0.25) is 0 Å². The van der Waals surface area contributed by atoms with E-state index in [1.54, 1.807) is 0 Å². The van der Waals surface area contributed by atoms with Crippen molar-refractivity contribution in [3.63, 3.8) is 0 Å². The van der Waals surface area contributed by atoms with Crippen LogP contribution >= 0.6 is 0 Å². The predicted molar refractivity (Wildman–Crippen MR) is 53.3 cm³/mol. The lowest BCUT2D eigenvalue weighted by molar-refractivity contribution is -0.348. The zero-order valence-electron chi connectivity index (χ0n) is 9.77. The molecule has 0 aliphatic rings. The molecule has 112 valence electrons. The Labute approximate surface area is 108 Å². The van der Waals surface area contributed by atoms with Crippen LogP contribution in [-0.4, -0.2) is 25.7 Å². The van der Waals surface area contributed by atoms with Crippen molar-refractivity contribution in [3.05, 3.63) is 29.3 Å². The van der Waals surface area contributed by atoms with E-state index < -0.39 is 29.1 Å². The first-order chi connectivity index (χ1) is 8.99. The Balaban J connectivity index is 3.56. The number of alkyl halides is 7. The van der Waals surface area contributed by atoms with Crippen LogP contribution in [0.15, 0.2) is 18.2 Å². The van der Waals surface area contributed by atoms with E-state index in [4.69, 9.17) is 0 Å². The van der Waals surface area contributed by atoms with E-state index in [0.29, 0.717) is 6.07 Å². The van der Waals surface area contributed by atoms with Gasteiger partial charge in [0, 0.05) is 5.56 Å². The van der Waals surface area contributed by atoms with Crippen LogP contribution in [0.25, 0.3) is 0 Å². The highest BCUT2D eigenvalue weighted by molar-refractivity contribution is 5.79. The molecule has 9 heteroatoms. The molecule has 0 aromatic heterocycles. The minimum Gasteiger partial charge on any atom is -0.496 e. The lowest BCUT2D eigenvalue weighted by Gasteiger charge is -2.30. The molecule has 0 amide bonds. The maximum Gasteiger partial charge on any atom is 0.435 e. The van der Waals surface area contributed by atoms with E-state index >= 15 is 0 Å². The van der Waals surface area contributed by atoms with Crippen molar-refractivity contribution in [2.24, 2.45) is 0 Å². The van der Waals surface area contributed by atoms with Gasteiger partial charge in [-0.25, -0.2) is 4.39 Å². The lowest BCUT2D eigenvalue weighted by Crippen LogP contribution is -2.50. The van der Waals surface area contributed by atoms with Gasteiger partial charge in [-0.2, -0.15) is 26.3 Å². The minimum absolute atomic E-state index is 0.0322. The Kier molecular flexibility index (Phi) is 4.02. The molecule has 1 aromatic rings. The summed E-state index contributed by atoms with van der Waals surface area (Å²) in [5, 5.41) is 0. The van der Waals surface area contributed by atoms with Gasteiger partial charge in [-0.1, -0.05) is 6.07 Å². The van der Waals surface area contributed by atoms with Crippen LogP contribution in [0, 0.1) is 0 Å². The summed E-state index contributed by atoms with van der Waals surface area (Å²) in [4.78, 5) is 10.6. The largest absolute Gasteiger partial charge is 0.496 e. The van der Waals surface area contributed by atoms with Crippen molar-refractivity contribution in [2.45, 2.75) is 18.0 Å². The number of aldehydes is 1. The molecule has 1 aromatic carbocycles. The van der Waals surface area contributed by atoms with Crippen LogP contribution in [0.1, 0.15) is 15.9 Å². The van der Waals surface area contributed by atoms with Gasteiger partial charge in [0.1, 0.15) is 5.75 Å². The van der Waals surface area contributed by atoms with E-state index in [1.807, 2.05) is 0 Å². The van der Waals surface area contributed by atoms with Gasteiger partial charge in [-0.05, 0) is 12.1 Å². The molecule has 2 nitrogen and oxygen atoms in total. The molecule has 1 rings (SSSR count). The Hall–Kier alpha value is -1.80. The number of methoxy groups -OCH3 is 1. The number of rotatable bonds is 3. The Morgan fingerprint density at radius 2 is 1.50 bits per heavy atom. The van der Waals surface area contributed by atoms with E-state index in [1.165, 1.54) is 0 Å². The van der Waals surface area contributed by atoms with Crippen molar-refractivity contribution in [1.82, 2.24) is 0 Å². The molecule has 0 saturated heterocycles. The number of halogens is 7. The molecular formula is C11H7F7O2. The molecule has 0 spiro atoms. The van der Waals surface area contributed by atoms with Gasteiger partial charge in [-0.15, -0.1) is 0 Å². The normalized spacial score (nSPS) is 13.2. The molecule has 0 unspecified atom stereocenters. The molecule has 0 heterocycles. The van der Waals surface area contributed by atoms with Crippen LogP contribution in [0.3, 0.4) is 0 Å². The third-order valence-corrected chi connectivity index (χ3v) is 2.54. The number of carbonyl (C=O) groups is 1. The van der Waals surface area contributed by atoms with E-state index in [2.05, 4.69) is 4.74 Å². The second-order valence-corrected chi connectivity index (χ2v) is 3.73. The van der Waals surface area contributed by atoms with Crippen LogP contribution in [0.4, 0.5) is 30.7 Å².